The first-order chi connectivity index (χ1) is 35.2. The molecule has 2 N–H and O–H groups in total. The van der Waals surface area contributed by atoms with E-state index in [-0.39, 0.29) is 25.9 Å². The normalized spacial score (nSPS) is 13.9. The van der Waals surface area contributed by atoms with E-state index in [0.29, 0.717) is 19.3 Å². The molecule has 3 atom stereocenters. The maximum atomic E-state index is 12.9. The van der Waals surface area contributed by atoms with Crippen molar-refractivity contribution in [3.63, 3.8) is 0 Å². The van der Waals surface area contributed by atoms with Crippen molar-refractivity contribution in [3.8, 4) is 0 Å². The molecule has 0 saturated heterocycles. The van der Waals surface area contributed by atoms with Gasteiger partial charge in [-0.1, -0.05) is 196 Å². The molecular weight excluding hydrogens is 928 g/mol. The van der Waals surface area contributed by atoms with Crippen molar-refractivity contribution < 1.29 is 52.2 Å². The van der Waals surface area contributed by atoms with Gasteiger partial charge in [0.2, 0.25) is 0 Å². The highest BCUT2D eigenvalue weighted by Crippen LogP contribution is 2.43. The third-order valence-electron chi connectivity index (χ3n) is 12.1. The second-order valence-electron chi connectivity index (χ2n) is 19.1. The molecule has 0 bridgehead atoms. The molecular formula is C60H105O11P. The van der Waals surface area contributed by atoms with Crippen LogP contribution in [0.25, 0.3) is 0 Å². The molecule has 0 aromatic heterocycles. The lowest BCUT2D eigenvalue weighted by atomic mass is 10.1. The monoisotopic (exact) mass is 1030 g/mol. The van der Waals surface area contributed by atoms with Gasteiger partial charge in [0.25, 0.3) is 0 Å². The molecule has 0 aromatic rings. The Hall–Kier alpha value is -3.08. The van der Waals surface area contributed by atoms with Gasteiger partial charge in [0, 0.05) is 19.3 Å². The highest BCUT2D eigenvalue weighted by molar-refractivity contribution is 7.47. The Labute approximate surface area is 439 Å². The quantitative estimate of drug-likeness (QED) is 0.0197. The molecule has 0 aliphatic heterocycles. The zero-order valence-corrected chi connectivity index (χ0v) is 46.8. The molecule has 0 fully saturated rings. The standard InChI is InChI=1S/C60H105O11P/c1-4-7-10-13-16-19-22-25-28-31-34-37-40-43-46-49-58(62)67-53-57(71-60(64)51-48-45-42-39-36-33-30-27-24-21-18-15-12-9-6-3)55-69-72(65,66)68-54-56(52-61)70-59(63)50-47-44-41-38-35-32-29-26-23-20-17-14-11-8-5-2/h9,12,16,18-19,21,25-30,56-57,61H,4-8,10-11,13-15,17,20,22-24,31-55H2,1-3H3,(H,65,66)/b12-9-,19-16-,21-18-,28-25-,29-26-,30-27-. The zero-order valence-electron chi connectivity index (χ0n) is 45.9. The maximum Gasteiger partial charge on any atom is 0.472 e. The summed E-state index contributed by atoms with van der Waals surface area (Å²) >= 11 is 0. The fourth-order valence-electron chi connectivity index (χ4n) is 7.69. The molecule has 0 saturated carbocycles. The van der Waals surface area contributed by atoms with Crippen LogP contribution in [0.2, 0.25) is 0 Å². The Morgan fingerprint density at radius 2 is 0.722 bits per heavy atom. The molecule has 12 heteroatoms. The molecule has 0 heterocycles. The van der Waals surface area contributed by atoms with Crippen molar-refractivity contribution in [3.05, 3.63) is 72.9 Å². The molecule has 0 aliphatic carbocycles. The van der Waals surface area contributed by atoms with Crippen LogP contribution in [0.4, 0.5) is 0 Å². The second kappa shape index (κ2) is 54.2. The average molecular weight is 1030 g/mol. The minimum absolute atomic E-state index is 0.143. The van der Waals surface area contributed by atoms with E-state index in [9.17, 15) is 28.9 Å². The minimum Gasteiger partial charge on any atom is -0.462 e. The summed E-state index contributed by atoms with van der Waals surface area (Å²) in [5.74, 6) is -1.51. The fourth-order valence-corrected chi connectivity index (χ4v) is 8.47. The van der Waals surface area contributed by atoms with Gasteiger partial charge >= 0.3 is 25.7 Å². The van der Waals surface area contributed by atoms with Crippen LogP contribution in [0.1, 0.15) is 252 Å². The molecule has 0 radical (unpaired) electrons. The lowest BCUT2D eigenvalue weighted by Gasteiger charge is -2.21. The average Bonchev–Trinajstić information content (AvgIpc) is 3.37. The van der Waals surface area contributed by atoms with E-state index in [1.54, 1.807) is 0 Å². The summed E-state index contributed by atoms with van der Waals surface area (Å²) in [6, 6.07) is 0. The van der Waals surface area contributed by atoms with E-state index in [2.05, 4.69) is 93.7 Å². The molecule has 0 spiro atoms. The topological polar surface area (TPSA) is 155 Å². The van der Waals surface area contributed by atoms with Crippen molar-refractivity contribution in [2.75, 3.05) is 26.4 Å². The first-order valence-corrected chi connectivity index (χ1v) is 30.3. The van der Waals surface area contributed by atoms with Crippen LogP contribution in [0.3, 0.4) is 0 Å². The first kappa shape index (κ1) is 68.9. The third-order valence-corrected chi connectivity index (χ3v) is 13.0. The zero-order chi connectivity index (χ0) is 52.7. The van der Waals surface area contributed by atoms with E-state index < -0.39 is 57.8 Å². The van der Waals surface area contributed by atoms with Crippen LogP contribution in [-0.4, -0.2) is 66.5 Å². The molecule has 0 amide bonds. The van der Waals surface area contributed by atoms with E-state index in [1.165, 1.54) is 57.8 Å². The van der Waals surface area contributed by atoms with Crippen molar-refractivity contribution in [2.45, 2.75) is 264 Å². The summed E-state index contributed by atoms with van der Waals surface area (Å²) in [6.07, 6.45) is 60.0. The number of aliphatic hydroxyl groups excluding tert-OH is 1. The lowest BCUT2D eigenvalue weighted by molar-refractivity contribution is -0.161. The number of allylic oxidation sites excluding steroid dienone is 12. The number of aliphatic hydroxyl groups is 1. The van der Waals surface area contributed by atoms with Crippen molar-refractivity contribution >= 4 is 25.7 Å². The summed E-state index contributed by atoms with van der Waals surface area (Å²) < 4.78 is 39.5. The van der Waals surface area contributed by atoms with E-state index in [0.717, 1.165) is 135 Å². The number of esters is 3. The Balaban J connectivity index is 4.76. The summed E-state index contributed by atoms with van der Waals surface area (Å²) in [6.45, 7) is 4.47. The van der Waals surface area contributed by atoms with Crippen LogP contribution in [0.5, 0.6) is 0 Å². The van der Waals surface area contributed by atoms with Gasteiger partial charge < -0.3 is 24.2 Å². The fraction of sp³-hybridized carbons (Fsp3) is 0.750. The third kappa shape index (κ3) is 51.8. The largest absolute Gasteiger partial charge is 0.472 e. The Morgan fingerprint density at radius 3 is 1.15 bits per heavy atom. The molecule has 72 heavy (non-hydrogen) atoms. The summed E-state index contributed by atoms with van der Waals surface area (Å²) in [5, 5.41) is 9.81. The van der Waals surface area contributed by atoms with Crippen LogP contribution in [-0.2, 0) is 42.2 Å². The van der Waals surface area contributed by atoms with E-state index in [4.69, 9.17) is 23.3 Å². The molecule has 416 valence electrons. The van der Waals surface area contributed by atoms with Crippen LogP contribution in [0, 0.1) is 0 Å². The Bertz CT molecular complexity index is 1490. The second-order valence-corrected chi connectivity index (χ2v) is 20.5. The maximum absolute atomic E-state index is 12.9. The van der Waals surface area contributed by atoms with Crippen molar-refractivity contribution in [1.82, 2.24) is 0 Å². The van der Waals surface area contributed by atoms with Gasteiger partial charge in [-0.15, -0.1) is 0 Å². The number of phosphoric acid groups is 1. The first-order valence-electron chi connectivity index (χ1n) is 28.8. The number of hydrogen-bond acceptors (Lipinski definition) is 10. The minimum atomic E-state index is -4.76. The van der Waals surface area contributed by atoms with Gasteiger partial charge in [0.05, 0.1) is 19.8 Å². The molecule has 11 nitrogen and oxygen atoms in total. The van der Waals surface area contributed by atoms with Crippen LogP contribution >= 0.6 is 7.82 Å². The predicted molar refractivity (Wildman–Crippen MR) is 298 cm³/mol. The summed E-state index contributed by atoms with van der Waals surface area (Å²) in [5.41, 5.74) is 0. The Morgan fingerprint density at radius 1 is 0.403 bits per heavy atom. The number of ether oxygens (including phenoxy) is 3. The van der Waals surface area contributed by atoms with E-state index >= 15 is 0 Å². The number of hydrogen-bond donors (Lipinski definition) is 2. The highest BCUT2D eigenvalue weighted by Gasteiger charge is 2.28. The number of phosphoric ester groups is 1. The number of rotatable bonds is 53. The van der Waals surface area contributed by atoms with Gasteiger partial charge in [-0.2, -0.15) is 0 Å². The van der Waals surface area contributed by atoms with Gasteiger partial charge in [-0.05, 0) is 109 Å². The molecule has 0 rings (SSSR count). The predicted octanol–water partition coefficient (Wildman–Crippen LogP) is 16.9. The smallest absolute Gasteiger partial charge is 0.462 e. The lowest BCUT2D eigenvalue weighted by Crippen LogP contribution is -2.30. The van der Waals surface area contributed by atoms with Gasteiger partial charge in [0.15, 0.2) is 6.10 Å². The number of carbonyl (C=O) groups excluding carboxylic acids is 3. The van der Waals surface area contributed by atoms with Gasteiger partial charge in [-0.3, -0.25) is 23.4 Å². The van der Waals surface area contributed by atoms with Crippen molar-refractivity contribution in [1.29, 1.82) is 0 Å². The van der Waals surface area contributed by atoms with Gasteiger partial charge in [-0.25, -0.2) is 4.57 Å². The number of unbranched alkanes of at least 4 members (excludes halogenated alkanes) is 24. The number of carbonyl (C=O) groups is 3. The van der Waals surface area contributed by atoms with E-state index in [1.807, 2.05) is 0 Å². The Kier molecular flexibility index (Phi) is 51.9. The van der Waals surface area contributed by atoms with Crippen molar-refractivity contribution in [2.24, 2.45) is 0 Å². The van der Waals surface area contributed by atoms with Crippen LogP contribution < -0.4 is 0 Å². The van der Waals surface area contributed by atoms with Crippen LogP contribution in [0.15, 0.2) is 72.9 Å². The summed E-state index contributed by atoms with van der Waals surface area (Å²) in [7, 11) is -4.76. The SMILES string of the molecule is CC/C=C\C/C=C\C/C=C\CCCCCCCC(=O)OC(COC(=O)CCCCCCC/C=C\C/C=C\CCCCC)COP(=O)(O)OCC(CO)OC(=O)CCCCCCC/C=C\CCCCCCCC. The van der Waals surface area contributed by atoms with Gasteiger partial charge in [0.1, 0.15) is 12.7 Å². The molecule has 0 aromatic carbocycles. The summed E-state index contributed by atoms with van der Waals surface area (Å²) in [4.78, 5) is 48.5. The molecule has 0 aliphatic rings. The molecule has 3 unspecified atom stereocenters. The highest BCUT2D eigenvalue weighted by atomic mass is 31.2.